The Bertz CT molecular complexity index is 469. The summed E-state index contributed by atoms with van der Waals surface area (Å²) in [7, 11) is 0. The van der Waals surface area contributed by atoms with Gasteiger partial charge in [0.1, 0.15) is 0 Å². The van der Waals surface area contributed by atoms with Gasteiger partial charge in [-0.2, -0.15) is 0 Å². The zero-order chi connectivity index (χ0) is 14.6. The summed E-state index contributed by atoms with van der Waals surface area (Å²) in [4.78, 5) is 2.00. The van der Waals surface area contributed by atoms with Crippen molar-refractivity contribution in [1.29, 1.82) is 0 Å². The van der Waals surface area contributed by atoms with Gasteiger partial charge in [0, 0.05) is 24.3 Å². The molecule has 0 aliphatic rings. The summed E-state index contributed by atoms with van der Waals surface area (Å²) in [5.74, 6) is -0.0258. The van der Waals surface area contributed by atoms with Crippen LogP contribution in [0.2, 0.25) is 5.02 Å². The highest BCUT2D eigenvalue weighted by Gasteiger charge is 2.18. The molecule has 6 heteroatoms. The number of halogens is 1. The smallest absolute Gasteiger partial charge is 0.171 e. The molecule has 0 atom stereocenters. The van der Waals surface area contributed by atoms with Crippen LogP contribution in [0.5, 0.6) is 0 Å². The van der Waals surface area contributed by atoms with Crippen molar-refractivity contribution in [2.45, 2.75) is 26.4 Å². The van der Waals surface area contributed by atoms with Gasteiger partial charge in [-0.05, 0) is 39.0 Å². The predicted octanol–water partition coefficient (Wildman–Crippen LogP) is 2.03. The van der Waals surface area contributed by atoms with E-state index in [-0.39, 0.29) is 5.84 Å². The molecule has 0 fully saturated rings. The molecule has 1 aromatic rings. The standard InChI is InChI=1S/C13H20ClN3O2/c1-4-17(8-13(2,3)18)9-5-6-10(11(14)7-9)12(15)16-19/h5-7,18-19H,4,8H2,1-3H3,(H2,15,16). The summed E-state index contributed by atoms with van der Waals surface area (Å²) in [6.45, 7) is 6.73. The topological polar surface area (TPSA) is 82.1 Å². The summed E-state index contributed by atoms with van der Waals surface area (Å²) in [5.41, 5.74) is 6.08. The maximum atomic E-state index is 9.88. The molecule has 0 aliphatic heterocycles. The first-order valence-corrected chi connectivity index (χ1v) is 6.41. The molecule has 0 spiro atoms. The molecule has 1 aromatic carbocycles. The number of hydrogen-bond donors (Lipinski definition) is 3. The fourth-order valence-electron chi connectivity index (χ4n) is 1.82. The Kier molecular flexibility index (Phi) is 5.03. The maximum Gasteiger partial charge on any atom is 0.171 e. The van der Waals surface area contributed by atoms with E-state index in [1.807, 2.05) is 17.9 Å². The van der Waals surface area contributed by atoms with Crippen LogP contribution >= 0.6 is 11.6 Å². The van der Waals surface area contributed by atoms with Gasteiger partial charge < -0.3 is 20.9 Å². The van der Waals surface area contributed by atoms with Crippen LogP contribution in [0.4, 0.5) is 5.69 Å². The van der Waals surface area contributed by atoms with Crippen molar-refractivity contribution >= 4 is 23.1 Å². The van der Waals surface area contributed by atoms with Crippen LogP contribution in [-0.4, -0.2) is 34.8 Å². The molecule has 0 bridgehead atoms. The minimum Gasteiger partial charge on any atom is -0.409 e. The lowest BCUT2D eigenvalue weighted by atomic mass is 10.1. The van der Waals surface area contributed by atoms with Crippen molar-refractivity contribution in [3.63, 3.8) is 0 Å². The molecule has 0 heterocycles. The third-order valence-corrected chi connectivity index (χ3v) is 2.97. The van der Waals surface area contributed by atoms with E-state index in [2.05, 4.69) is 5.16 Å². The highest BCUT2D eigenvalue weighted by Crippen LogP contribution is 2.24. The van der Waals surface area contributed by atoms with Gasteiger partial charge in [0.2, 0.25) is 0 Å². The number of likely N-dealkylation sites (N-methyl/N-ethyl adjacent to an activating group) is 1. The molecule has 0 saturated heterocycles. The van der Waals surface area contributed by atoms with E-state index in [1.165, 1.54) is 0 Å². The van der Waals surface area contributed by atoms with E-state index in [9.17, 15) is 5.11 Å². The van der Waals surface area contributed by atoms with Gasteiger partial charge in [-0.15, -0.1) is 0 Å². The average Bonchev–Trinajstić information content (AvgIpc) is 2.33. The second kappa shape index (κ2) is 6.12. The van der Waals surface area contributed by atoms with Crippen molar-refractivity contribution in [2.75, 3.05) is 18.0 Å². The van der Waals surface area contributed by atoms with Crippen LogP contribution in [0.1, 0.15) is 26.3 Å². The molecule has 0 aromatic heterocycles. The molecule has 0 radical (unpaired) electrons. The van der Waals surface area contributed by atoms with Crippen LogP contribution in [0, 0.1) is 0 Å². The van der Waals surface area contributed by atoms with E-state index < -0.39 is 5.60 Å². The highest BCUT2D eigenvalue weighted by molar-refractivity contribution is 6.34. The first-order valence-electron chi connectivity index (χ1n) is 6.03. The number of oxime groups is 1. The number of anilines is 1. The normalized spacial score (nSPS) is 12.6. The Morgan fingerprint density at radius 1 is 1.47 bits per heavy atom. The quantitative estimate of drug-likeness (QED) is 0.335. The number of benzene rings is 1. The molecule has 0 unspecified atom stereocenters. The minimum atomic E-state index is -0.799. The zero-order valence-electron chi connectivity index (χ0n) is 11.4. The van der Waals surface area contributed by atoms with E-state index in [0.717, 1.165) is 12.2 Å². The van der Waals surface area contributed by atoms with E-state index >= 15 is 0 Å². The Hall–Kier alpha value is -1.46. The monoisotopic (exact) mass is 285 g/mol. The minimum absolute atomic E-state index is 0.0258. The first kappa shape index (κ1) is 15.6. The van der Waals surface area contributed by atoms with E-state index in [4.69, 9.17) is 22.5 Å². The third kappa shape index (κ3) is 4.29. The summed E-state index contributed by atoms with van der Waals surface area (Å²) in [6.07, 6.45) is 0. The number of aliphatic hydroxyl groups is 1. The SMILES string of the molecule is CCN(CC(C)(C)O)c1ccc(C(N)=NO)c(Cl)c1. The lowest BCUT2D eigenvalue weighted by Gasteiger charge is -2.30. The van der Waals surface area contributed by atoms with Crippen molar-refractivity contribution in [3.8, 4) is 0 Å². The molecule has 0 amide bonds. The van der Waals surface area contributed by atoms with Gasteiger partial charge in [0.15, 0.2) is 5.84 Å². The molecule has 106 valence electrons. The Morgan fingerprint density at radius 3 is 2.53 bits per heavy atom. The molecular weight excluding hydrogens is 266 g/mol. The zero-order valence-corrected chi connectivity index (χ0v) is 12.1. The van der Waals surface area contributed by atoms with Crippen LogP contribution in [0.3, 0.4) is 0 Å². The molecule has 19 heavy (non-hydrogen) atoms. The Labute approximate surface area is 118 Å². The van der Waals surface area contributed by atoms with E-state index in [1.54, 1.807) is 26.0 Å². The van der Waals surface area contributed by atoms with Crippen LogP contribution in [0.15, 0.2) is 23.4 Å². The summed E-state index contributed by atoms with van der Waals surface area (Å²) in [5, 5.41) is 21.9. The largest absolute Gasteiger partial charge is 0.409 e. The molecule has 4 N–H and O–H groups in total. The number of hydrogen-bond acceptors (Lipinski definition) is 4. The van der Waals surface area contributed by atoms with Crippen molar-refractivity contribution < 1.29 is 10.3 Å². The predicted molar refractivity (Wildman–Crippen MR) is 78.1 cm³/mol. The Morgan fingerprint density at radius 2 is 2.11 bits per heavy atom. The van der Waals surface area contributed by atoms with Gasteiger partial charge >= 0.3 is 0 Å². The van der Waals surface area contributed by atoms with Gasteiger partial charge in [-0.1, -0.05) is 16.8 Å². The second-order valence-electron chi connectivity index (χ2n) is 4.98. The summed E-state index contributed by atoms with van der Waals surface area (Å²) in [6, 6.07) is 5.26. The molecule has 5 nitrogen and oxygen atoms in total. The number of nitrogens with two attached hydrogens (primary N) is 1. The number of nitrogens with zero attached hydrogens (tertiary/aromatic N) is 2. The van der Waals surface area contributed by atoms with Gasteiger partial charge in [0.05, 0.1) is 10.6 Å². The lowest BCUT2D eigenvalue weighted by molar-refractivity contribution is 0.0876. The second-order valence-corrected chi connectivity index (χ2v) is 5.38. The maximum absolute atomic E-state index is 9.88. The third-order valence-electron chi connectivity index (χ3n) is 2.66. The fraction of sp³-hybridized carbons (Fsp3) is 0.462. The van der Waals surface area contributed by atoms with Crippen LogP contribution in [-0.2, 0) is 0 Å². The van der Waals surface area contributed by atoms with Crippen molar-refractivity contribution in [2.24, 2.45) is 10.9 Å². The van der Waals surface area contributed by atoms with Gasteiger partial charge in [-0.3, -0.25) is 0 Å². The average molecular weight is 286 g/mol. The fourth-order valence-corrected chi connectivity index (χ4v) is 2.09. The highest BCUT2D eigenvalue weighted by atomic mass is 35.5. The molecular formula is C13H20ClN3O2. The van der Waals surface area contributed by atoms with E-state index in [0.29, 0.717) is 17.1 Å². The molecule has 0 aliphatic carbocycles. The van der Waals surface area contributed by atoms with Gasteiger partial charge in [0.25, 0.3) is 0 Å². The lowest BCUT2D eigenvalue weighted by Crippen LogP contribution is -2.38. The van der Waals surface area contributed by atoms with Crippen molar-refractivity contribution in [3.05, 3.63) is 28.8 Å². The molecule has 0 saturated carbocycles. The summed E-state index contributed by atoms with van der Waals surface area (Å²) < 4.78 is 0. The number of amidine groups is 1. The first-order chi connectivity index (χ1) is 8.78. The van der Waals surface area contributed by atoms with Crippen molar-refractivity contribution in [1.82, 2.24) is 0 Å². The van der Waals surface area contributed by atoms with Gasteiger partial charge in [-0.25, -0.2) is 0 Å². The Balaban J connectivity index is 3.05. The summed E-state index contributed by atoms with van der Waals surface area (Å²) >= 11 is 6.11. The number of rotatable bonds is 5. The van der Waals surface area contributed by atoms with Crippen LogP contribution < -0.4 is 10.6 Å². The van der Waals surface area contributed by atoms with Crippen LogP contribution in [0.25, 0.3) is 0 Å². The molecule has 1 rings (SSSR count).